The van der Waals surface area contributed by atoms with Crippen LogP contribution in [0.1, 0.15) is 44.2 Å². The maximum Gasteiger partial charge on any atom is 0.249 e. The number of nitrogens with zero attached hydrogens (tertiary/aromatic N) is 1. The Labute approximate surface area is 145 Å². The van der Waals surface area contributed by atoms with E-state index in [-0.39, 0.29) is 12.0 Å². The number of benzene rings is 1. The molecular weight excluding hydrogens is 300 g/mol. The average Bonchev–Trinajstić information content (AvgIpc) is 3.07. The van der Waals surface area contributed by atoms with Crippen molar-refractivity contribution in [1.82, 2.24) is 10.2 Å². The fourth-order valence-corrected chi connectivity index (χ4v) is 4.03. The van der Waals surface area contributed by atoms with Gasteiger partial charge in [-0.2, -0.15) is 0 Å². The zero-order chi connectivity index (χ0) is 16.9. The Morgan fingerprint density at radius 1 is 1.17 bits per heavy atom. The molecule has 1 amide bonds. The smallest absolute Gasteiger partial charge is 0.249 e. The summed E-state index contributed by atoms with van der Waals surface area (Å²) in [6, 6.07) is 8.64. The molecule has 0 unspecified atom stereocenters. The van der Waals surface area contributed by atoms with Gasteiger partial charge in [-0.25, -0.2) is 0 Å². The number of hydrogen-bond donors (Lipinski definition) is 1. The van der Waals surface area contributed by atoms with Gasteiger partial charge in [0.1, 0.15) is 6.10 Å². The van der Waals surface area contributed by atoms with Gasteiger partial charge in [0.15, 0.2) is 0 Å². The van der Waals surface area contributed by atoms with Crippen LogP contribution in [-0.4, -0.2) is 36.6 Å². The van der Waals surface area contributed by atoms with Gasteiger partial charge >= 0.3 is 0 Å². The first kappa shape index (κ1) is 17.4. The predicted molar refractivity (Wildman–Crippen MR) is 95.5 cm³/mol. The lowest BCUT2D eigenvalue weighted by molar-refractivity contribution is -0.130. The standard InChI is InChI=1S/C20H30N2O2/c1-15-10-16(2)13-22(12-15)14-18-7-5-17(6-8-18)11-21-20(23)19-4-3-9-24-19/h5-8,15-16,19H,3-4,9-14H2,1-2H3,(H,21,23)/t15-,16-,19-/m1/s1. The van der Waals surface area contributed by atoms with Gasteiger partial charge in [-0.15, -0.1) is 0 Å². The van der Waals surface area contributed by atoms with Gasteiger partial charge in [-0.05, 0) is 42.2 Å². The van der Waals surface area contributed by atoms with Crippen LogP contribution >= 0.6 is 0 Å². The van der Waals surface area contributed by atoms with Gasteiger partial charge < -0.3 is 10.1 Å². The van der Waals surface area contributed by atoms with Gasteiger partial charge in [0.25, 0.3) is 0 Å². The molecule has 0 spiro atoms. The molecule has 1 N–H and O–H groups in total. The van der Waals surface area contributed by atoms with Crippen LogP contribution in [-0.2, 0) is 22.6 Å². The number of carbonyl (C=O) groups is 1. The van der Waals surface area contributed by atoms with Crippen LogP contribution in [0.2, 0.25) is 0 Å². The Morgan fingerprint density at radius 3 is 2.46 bits per heavy atom. The van der Waals surface area contributed by atoms with Crippen LogP contribution in [0.3, 0.4) is 0 Å². The summed E-state index contributed by atoms with van der Waals surface area (Å²) in [5.74, 6) is 1.61. The molecule has 3 rings (SSSR count). The maximum absolute atomic E-state index is 12.0. The molecule has 0 bridgehead atoms. The fraction of sp³-hybridized carbons (Fsp3) is 0.650. The molecule has 1 aromatic rings. The van der Waals surface area contributed by atoms with Crippen molar-refractivity contribution >= 4 is 5.91 Å². The highest BCUT2D eigenvalue weighted by atomic mass is 16.5. The molecule has 24 heavy (non-hydrogen) atoms. The maximum atomic E-state index is 12.0. The molecule has 132 valence electrons. The summed E-state index contributed by atoms with van der Waals surface area (Å²) < 4.78 is 5.41. The lowest BCUT2D eigenvalue weighted by Crippen LogP contribution is -2.38. The molecular formula is C20H30N2O2. The third-order valence-electron chi connectivity index (χ3n) is 5.06. The molecule has 1 aromatic carbocycles. The molecule has 2 aliphatic rings. The third-order valence-corrected chi connectivity index (χ3v) is 5.06. The first-order chi connectivity index (χ1) is 11.6. The summed E-state index contributed by atoms with van der Waals surface area (Å²) >= 11 is 0. The van der Waals surface area contributed by atoms with Crippen molar-refractivity contribution in [2.24, 2.45) is 11.8 Å². The number of rotatable bonds is 5. The van der Waals surface area contributed by atoms with E-state index in [9.17, 15) is 4.79 Å². The quantitative estimate of drug-likeness (QED) is 0.902. The van der Waals surface area contributed by atoms with E-state index in [4.69, 9.17) is 4.74 Å². The molecule has 0 aromatic heterocycles. The summed E-state index contributed by atoms with van der Waals surface area (Å²) in [7, 11) is 0. The molecule has 2 heterocycles. The number of likely N-dealkylation sites (tertiary alicyclic amines) is 1. The van der Waals surface area contributed by atoms with Crippen LogP contribution in [0.25, 0.3) is 0 Å². The first-order valence-corrected chi connectivity index (χ1v) is 9.29. The number of amides is 1. The predicted octanol–water partition coefficient (Wildman–Crippen LogP) is 2.96. The second-order valence-corrected chi connectivity index (χ2v) is 7.68. The summed E-state index contributed by atoms with van der Waals surface area (Å²) in [4.78, 5) is 14.5. The van der Waals surface area contributed by atoms with E-state index in [1.165, 1.54) is 25.1 Å². The van der Waals surface area contributed by atoms with Crippen LogP contribution in [0.5, 0.6) is 0 Å². The van der Waals surface area contributed by atoms with Crippen molar-refractivity contribution in [2.75, 3.05) is 19.7 Å². The third kappa shape index (κ3) is 4.81. The van der Waals surface area contributed by atoms with Crippen molar-refractivity contribution in [3.05, 3.63) is 35.4 Å². The molecule has 4 heteroatoms. The van der Waals surface area contributed by atoms with Crippen molar-refractivity contribution in [2.45, 2.75) is 52.3 Å². The molecule has 3 atom stereocenters. The van der Waals surface area contributed by atoms with Gasteiger partial charge in [-0.1, -0.05) is 38.1 Å². The van der Waals surface area contributed by atoms with E-state index in [2.05, 4.69) is 48.3 Å². The Kier molecular flexibility index (Phi) is 5.90. The van der Waals surface area contributed by atoms with Gasteiger partial charge in [-0.3, -0.25) is 9.69 Å². The molecule has 2 aliphatic heterocycles. The second kappa shape index (κ2) is 8.13. The average molecular weight is 330 g/mol. The monoisotopic (exact) mass is 330 g/mol. The van der Waals surface area contributed by atoms with Crippen LogP contribution in [0, 0.1) is 11.8 Å². The minimum atomic E-state index is -0.243. The van der Waals surface area contributed by atoms with Crippen molar-refractivity contribution < 1.29 is 9.53 Å². The lowest BCUT2D eigenvalue weighted by atomic mass is 9.91. The number of carbonyl (C=O) groups excluding carboxylic acids is 1. The zero-order valence-corrected chi connectivity index (χ0v) is 15.0. The Hall–Kier alpha value is -1.39. The number of nitrogens with one attached hydrogen (secondary N) is 1. The minimum absolute atomic E-state index is 0.0212. The van der Waals surface area contributed by atoms with Gasteiger partial charge in [0.05, 0.1) is 0 Å². The van der Waals surface area contributed by atoms with Crippen LogP contribution in [0.4, 0.5) is 0 Å². The summed E-state index contributed by atoms with van der Waals surface area (Å²) in [5, 5.41) is 2.98. The SMILES string of the molecule is C[C@@H]1C[C@@H](C)CN(Cc2ccc(CNC(=O)[C@H]3CCCO3)cc2)C1. The molecule has 2 fully saturated rings. The molecule has 2 saturated heterocycles. The normalized spacial score (nSPS) is 28.0. The van der Waals surface area contributed by atoms with Crippen LogP contribution in [0.15, 0.2) is 24.3 Å². The highest BCUT2D eigenvalue weighted by Crippen LogP contribution is 2.22. The fourth-order valence-electron chi connectivity index (χ4n) is 4.03. The Balaban J connectivity index is 1.47. The molecule has 0 saturated carbocycles. The topological polar surface area (TPSA) is 41.6 Å². The highest BCUT2D eigenvalue weighted by Gasteiger charge is 2.23. The van der Waals surface area contributed by atoms with E-state index >= 15 is 0 Å². The molecule has 4 nitrogen and oxygen atoms in total. The van der Waals surface area contributed by atoms with Crippen molar-refractivity contribution in [3.63, 3.8) is 0 Å². The molecule has 0 radical (unpaired) electrons. The Bertz CT molecular complexity index is 527. The Morgan fingerprint density at radius 2 is 1.83 bits per heavy atom. The van der Waals surface area contributed by atoms with Crippen molar-refractivity contribution in [1.29, 1.82) is 0 Å². The zero-order valence-electron chi connectivity index (χ0n) is 15.0. The number of hydrogen-bond acceptors (Lipinski definition) is 3. The lowest BCUT2D eigenvalue weighted by Gasteiger charge is -2.35. The number of ether oxygens (including phenoxy) is 1. The summed E-state index contributed by atoms with van der Waals surface area (Å²) in [6.07, 6.45) is 2.94. The highest BCUT2D eigenvalue weighted by molar-refractivity contribution is 5.80. The minimum Gasteiger partial charge on any atom is -0.368 e. The van der Waals surface area contributed by atoms with E-state index < -0.39 is 0 Å². The summed E-state index contributed by atoms with van der Waals surface area (Å²) in [6.45, 7) is 9.41. The van der Waals surface area contributed by atoms with E-state index in [1.54, 1.807) is 0 Å². The molecule has 0 aliphatic carbocycles. The van der Waals surface area contributed by atoms with Crippen LogP contribution < -0.4 is 5.32 Å². The van der Waals surface area contributed by atoms with Gasteiger partial charge in [0, 0.05) is 32.8 Å². The van der Waals surface area contributed by atoms with E-state index in [1.807, 2.05) is 0 Å². The second-order valence-electron chi connectivity index (χ2n) is 7.68. The largest absolute Gasteiger partial charge is 0.368 e. The van der Waals surface area contributed by atoms with E-state index in [0.717, 1.165) is 36.8 Å². The summed E-state index contributed by atoms with van der Waals surface area (Å²) in [5.41, 5.74) is 2.50. The first-order valence-electron chi connectivity index (χ1n) is 9.29. The van der Waals surface area contributed by atoms with Gasteiger partial charge in [0.2, 0.25) is 5.91 Å². The number of piperidine rings is 1. The van der Waals surface area contributed by atoms with Crippen molar-refractivity contribution in [3.8, 4) is 0 Å². The van der Waals surface area contributed by atoms with E-state index in [0.29, 0.717) is 13.2 Å².